The van der Waals surface area contributed by atoms with Gasteiger partial charge in [-0.25, -0.2) is 12.8 Å². The van der Waals surface area contributed by atoms with Gasteiger partial charge < -0.3 is 9.88 Å². The maximum Gasteiger partial charge on any atom is 0.404 e. The number of carbonyl (C=O) groups excluding carboxylic acids is 1. The summed E-state index contributed by atoms with van der Waals surface area (Å²) in [7, 11) is -3.21. The smallest absolute Gasteiger partial charge is 0.345 e. The third-order valence-electron chi connectivity index (χ3n) is 4.06. The molecule has 2 rings (SSSR count). The van der Waals surface area contributed by atoms with Crippen LogP contribution < -0.4 is 10.0 Å². The van der Waals surface area contributed by atoms with Crippen LogP contribution in [-0.2, 0) is 17.1 Å². The van der Waals surface area contributed by atoms with Crippen molar-refractivity contribution in [1.82, 2.24) is 9.29 Å². The molecule has 0 saturated heterocycles. The summed E-state index contributed by atoms with van der Waals surface area (Å²) in [5.74, 6) is -1.57. The van der Waals surface area contributed by atoms with Crippen LogP contribution in [0.25, 0.3) is 0 Å². The van der Waals surface area contributed by atoms with Crippen molar-refractivity contribution in [2.75, 3.05) is 5.32 Å². The zero-order valence-electron chi connectivity index (χ0n) is 15.4. The van der Waals surface area contributed by atoms with Gasteiger partial charge in [0, 0.05) is 18.9 Å². The summed E-state index contributed by atoms with van der Waals surface area (Å²) in [4.78, 5) is 12.1. The number of nitrogens with one attached hydrogen (secondary N) is 2. The molecule has 0 unspecified atom stereocenters. The molecule has 1 atom stereocenters. The van der Waals surface area contributed by atoms with Gasteiger partial charge >= 0.3 is 6.18 Å². The van der Waals surface area contributed by atoms with Crippen molar-refractivity contribution >= 4 is 21.6 Å². The Balaban J connectivity index is 2.36. The Kier molecular flexibility index (Phi) is 6.05. The fourth-order valence-electron chi connectivity index (χ4n) is 2.56. The fourth-order valence-corrected chi connectivity index (χ4v) is 4.08. The molecular formula is C17H16F4N4O3S. The first-order valence-electron chi connectivity index (χ1n) is 8.04. The van der Waals surface area contributed by atoms with Crippen molar-refractivity contribution in [2.24, 2.45) is 7.05 Å². The number of anilines is 1. The molecule has 0 bridgehead atoms. The number of aromatic nitrogens is 1. The number of hydrogen-bond donors (Lipinski definition) is 2. The van der Waals surface area contributed by atoms with E-state index in [9.17, 15) is 30.8 Å². The van der Waals surface area contributed by atoms with Gasteiger partial charge in [-0.15, -0.1) is 0 Å². The highest BCUT2D eigenvalue weighted by Crippen LogP contribution is 2.25. The zero-order valence-corrected chi connectivity index (χ0v) is 16.2. The van der Waals surface area contributed by atoms with Crippen LogP contribution in [0.1, 0.15) is 28.5 Å². The minimum absolute atomic E-state index is 0.0745. The molecule has 2 N–H and O–H groups in total. The van der Waals surface area contributed by atoms with Crippen LogP contribution in [0, 0.1) is 24.1 Å². The average Bonchev–Trinajstić information content (AvgIpc) is 2.90. The van der Waals surface area contributed by atoms with Crippen LogP contribution in [0.5, 0.6) is 0 Å². The molecule has 12 heteroatoms. The molecule has 0 aliphatic heterocycles. The van der Waals surface area contributed by atoms with Crippen molar-refractivity contribution in [1.29, 1.82) is 5.26 Å². The van der Waals surface area contributed by atoms with E-state index in [1.807, 2.05) is 0 Å². The normalized spacial score (nSPS) is 13.0. The standard InChI is InChI=1S/C17H16F4N4O3S/c1-9-14(29(27,28)24-10(2)17(19,20)21)8-25(3)15(9)16(26)23-12-4-5-13(18)11(6-12)7-22/h4-6,8,10,24H,1-3H3,(H,23,26)/t10-/m1/s1. The van der Waals surface area contributed by atoms with Crippen molar-refractivity contribution in [3.05, 3.63) is 47.0 Å². The highest BCUT2D eigenvalue weighted by molar-refractivity contribution is 7.89. The Morgan fingerprint density at radius 3 is 2.48 bits per heavy atom. The molecule has 1 heterocycles. The highest BCUT2D eigenvalue weighted by Gasteiger charge is 2.39. The van der Waals surface area contributed by atoms with E-state index in [1.165, 1.54) is 24.8 Å². The molecule has 1 amide bonds. The maximum absolute atomic E-state index is 13.4. The molecule has 7 nitrogen and oxygen atoms in total. The first-order chi connectivity index (χ1) is 13.3. The Labute approximate surface area is 164 Å². The highest BCUT2D eigenvalue weighted by atomic mass is 32.2. The van der Waals surface area contributed by atoms with Gasteiger partial charge in [-0.1, -0.05) is 0 Å². The molecule has 0 spiro atoms. The molecule has 0 saturated carbocycles. The van der Waals surface area contributed by atoms with Crippen LogP contribution in [-0.4, -0.2) is 31.1 Å². The van der Waals surface area contributed by atoms with Crippen LogP contribution in [0.15, 0.2) is 29.3 Å². The van der Waals surface area contributed by atoms with E-state index in [4.69, 9.17) is 5.26 Å². The second kappa shape index (κ2) is 7.84. The number of nitriles is 1. The molecule has 0 aliphatic rings. The summed E-state index contributed by atoms with van der Waals surface area (Å²) in [6.45, 7) is 1.93. The molecule has 156 valence electrons. The number of alkyl halides is 3. The van der Waals surface area contributed by atoms with Gasteiger partial charge in [0.2, 0.25) is 10.0 Å². The summed E-state index contributed by atoms with van der Waals surface area (Å²) in [6, 6.07) is 2.56. The third-order valence-corrected chi connectivity index (χ3v) is 5.72. The summed E-state index contributed by atoms with van der Waals surface area (Å²) in [5.41, 5.74) is -0.427. The number of nitrogens with zero attached hydrogens (tertiary/aromatic N) is 2. The number of carbonyl (C=O) groups is 1. The monoisotopic (exact) mass is 432 g/mol. The van der Waals surface area contributed by atoms with Crippen molar-refractivity contribution in [3.8, 4) is 6.07 Å². The van der Waals surface area contributed by atoms with Crippen molar-refractivity contribution in [2.45, 2.75) is 31.0 Å². The lowest BCUT2D eigenvalue weighted by atomic mass is 10.2. The van der Waals surface area contributed by atoms with Crippen LogP contribution in [0.4, 0.5) is 23.2 Å². The Hall–Kier alpha value is -2.91. The van der Waals surface area contributed by atoms with Crippen LogP contribution in [0.3, 0.4) is 0 Å². The topological polar surface area (TPSA) is 104 Å². The zero-order chi connectivity index (χ0) is 22.1. The number of rotatable bonds is 5. The van der Waals surface area contributed by atoms with Gasteiger partial charge in [-0.05, 0) is 37.6 Å². The molecule has 29 heavy (non-hydrogen) atoms. The molecular weight excluding hydrogens is 416 g/mol. The first kappa shape index (κ1) is 22.4. The lowest BCUT2D eigenvalue weighted by molar-refractivity contribution is -0.147. The number of halogens is 4. The molecule has 0 fully saturated rings. The van der Waals surface area contributed by atoms with Gasteiger partial charge in [0.15, 0.2) is 0 Å². The minimum Gasteiger partial charge on any atom is -0.345 e. The third kappa shape index (κ3) is 4.75. The van der Waals surface area contributed by atoms with Crippen molar-refractivity contribution < 1.29 is 30.8 Å². The predicted octanol–water partition coefficient (Wildman–Crippen LogP) is 2.83. The number of benzene rings is 1. The maximum atomic E-state index is 13.4. The quantitative estimate of drug-likeness (QED) is 0.709. The van der Waals surface area contributed by atoms with E-state index in [0.717, 1.165) is 22.9 Å². The van der Waals surface area contributed by atoms with E-state index >= 15 is 0 Å². The molecule has 1 aromatic carbocycles. The van der Waals surface area contributed by atoms with Crippen LogP contribution >= 0.6 is 0 Å². The van der Waals surface area contributed by atoms with E-state index in [0.29, 0.717) is 6.92 Å². The number of aryl methyl sites for hydroxylation is 1. The molecule has 2 aromatic rings. The second-order valence-corrected chi connectivity index (χ2v) is 7.91. The van der Waals surface area contributed by atoms with E-state index in [2.05, 4.69) is 5.32 Å². The van der Waals surface area contributed by atoms with Gasteiger partial charge in [0.25, 0.3) is 5.91 Å². The Morgan fingerprint density at radius 2 is 1.93 bits per heavy atom. The Morgan fingerprint density at radius 1 is 1.31 bits per heavy atom. The van der Waals surface area contributed by atoms with Crippen LogP contribution in [0.2, 0.25) is 0 Å². The average molecular weight is 432 g/mol. The minimum atomic E-state index is -4.78. The number of sulfonamides is 1. The Bertz CT molecular complexity index is 1100. The summed E-state index contributed by atoms with van der Waals surface area (Å²) in [6.07, 6.45) is -3.77. The largest absolute Gasteiger partial charge is 0.404 e. The van der Waals surface area contributed by atoms with Gasteiger partial charge in [-0.2, -0.15) is 23.2 Å². The number of hydrogen-bond acceptors (Lipinski definition) is 4. The van der Waals surface area contributed by atoms with Gasteiger partial charge in [-0.3, -0.25) is 4.79 Å². The number of amides is 1. The predicted molar refractivity (Wildman–Crippen MR) is 95.1 cm³/mol. The van der Waals surface area contributed by atoms with E-state index < -0.39 is 38.9 Å². The fraction of sp³-hybridized carbons (Fsp3) is 0.294. The van der Waals surface area contributed by atoms with E-state index in [1.54, 1.807) is 6.07 Å². The SMILES string of the molecule is Cc1c(S(=O)(=O)N[C@H](C)C(F)(F)F)cn(C)c1C(=O)Nc1ccc(F)c(C#N)c1. The molecule has 0 aliphatic carbocycles. The second-order valence-electron chi connectivity index (χ2n) is 6.22. The molecule has 1 aromatic heterocycles. The lowest BCUT2D eigenvalue weighted by Gasteiger charge is -2.17. The summed E-state index contributed by atoms with van der Waals surface area (Å²) >= 11 is 0. The van der Waals surface area contributed by atoms with E-state index in [-0.39, 0.29) is 22.5 Å². The summed E-state index contributed by atoms with van der Waals surface area (Å²) < 4.78 is 78.8. The lowest BCUT2D eigenvalue weighted by Crippen LogP contribution is -2.43. The summed E-state index contributed by atoms with van der Waals surface area (Å²) in [5, 5.41) is 11.2. The first-order valence-corrected chi connectivity index (χ1v) is 9.52. The van der Waals surface area contributed by atoms with Crippen molar-refractivity contribution in [3.63, 3.8) is 0 Å². The molecule has 0 radical (unpaired) electrons. The van der Waals surface area contributed by atoms with Gasteiger partial charge in [0.05, 0.1) is 5.56 Å². The van der Waals surface area contributed by atoms with Gasteiger partial charge in [0.1, 0.15) is 28.5 Å².